The van der Waals surface area contributed by atoms with Gasteiger partial charge in [0, 0.05) is 38.0 Å². The summed E-state index contributed by atoms with van der Waals surface area (Å²) >= 11 is 0. The normalized spacial score (nSPS) is 14.1. The van der Waals surface area contributed by atoms with Crippen LogP contribution >= 0.6 is 0 Å². The first-order chi connectivity index (χ1) is 14.1. The topological polar surface area (TPSA) is 98.4 Å². The number of benzene rings is 1. The molecule has 1 saturated heterocycles. The number of nitro groups is 1. The Bertz CT molecular complexity index is 1040. The van der Waals surface area contributed by atoms with E-state index in [9.17, 15) is 10.1 Å². The predicted octanol–water partition coefficient (Wildman–Crippen LogP) is 3.03. The number of hydrogen-bond acceptors (Lipinski definition) is 7. The summed E-state index contributed by atoms with van der Waals surface area (Å²) in [5.41, 5.74) is 3.45. The zero-order chi connectivity index (χ0) is 20.4. The van der Waals surface area contributed by atoms with Gasteiger partial charge in [-0.3, -0.25) is 10.1 Å². The Morgan fingerprint density at radius 3 is 2.69 bits per heavy atom. The highest BCUT2D eigenvalue weighted by molar-refractivity contribution is 5.76. The van der Waals surface area contributed by atoms with Crippen LogP contribution < -0.4 is 10.2 Å². The van der Waals surface area contributed by atoms with E-state index in [-0.39, 0.29) is 11.5 Å². The van der Waals surface area contributed by atoms with Crippen molar-refractivity contribution in [3.8, 4) is 17.1 Å². The molecule has 1 aliphatic rings. The Morgan fingerprint density at radius 2 is 2.00 bits per heavy atom. The van der Waals surface area contributed by atoms with Crippen molar-refractivity contribution in [1.29, 1.82) is 0 Å². The van der Waals surface area contributed by atoms with Crippen LogP contribution in [0.15, 0.2) is 42.6 Å². The van der Waals surface area contributed by atoms with Crippen molar-refractivity contribution in [3.63, 3.8) is 0 Å². The minimum atomic E-state index is -0.394. The number of nitrogens with zero attached hydrogens (tertiary/aromatic N) is 5. The van der Waals surface area contributed by atoms with Crippen LogP contribution in [-0.4, -0.2) is 53.0 Å². The summed E-state index contributed by atoms with van der Waals surface area (Å²) in [6.45, 7) is 4.26. The van der Waals surface area contributed by atoms with Gasteiger partial charge in [-0.2, -0.15) is 5.10 Å². The van der Waals surface area contributed by atoms with E-state index >= 15 is 0 Å². The van der Waals surface area contributed by atoms with E-state index in [4.69, 9.17) is 4.74 Å². The van der Waals surface area contributed by atoms with E-state index < -0.39 is 4.92 Å². The van der Waals surface area contributed by atoms with Gasteiger partial charge >= 0.3 is 5.69 Å². The van der Waals surface area contributed by atoms with E-state index in [1.165, 1.54) is 0 Å². The van der Waals surface area contributed by atoms with Crippen LogP contribution in [0.25, 0.3) is 17.1 Å². The van der Waals surface area contributed by atoms with E-state index in [1.54, 1.807) is 17.8 Å². The molecule has 1 fully saturated rings. The van der Waals surface area contributed by atoms with Crippen molar-refractivity contribution in [1.82, 2.24) is 14.8 Å². The van der Waals surface area contributed by atoms with Crippen molar-refractivity contribution in [2.24, 2.45) is 0 Å². The zero-order valence-corrected chi connectivity index (χ0v) is 16.3. The molecule has 0 amide bonds. The van der Waals surface area contributed by atoms with Crippen molar-refractivity contribution < 1.29 is 9.66 Å². The summed E-state index contributed by atoms with van der Waals surface area (Å²) in [4.78, 5) is 17.8. The van der Waals surface area contributed by atoms with Gasteiger partial charge in [0.15, 0.2) is 5.82 Å². The van der Waals surface area contributed by atoms with Crippen LogP contribution in [0.1, 0.15) is 5.56 Å². The number of hydrogen-bond donors (Lipinski definition) is 1. The summed E-state index contributed by atoms with van der Waals surface area (Å²) < 4.78 is 7.04. The average molecular weight is 394 g/mol. The third-order valence-corrected chi connectivity index (χ3v) is 4.87. The third kappa shape index (κ3) is 3.77. The molecule has 1 aromatic carbocycles. The van der Waals surface area contributed by atoms with Crippen LogP contribution in [0.4, 0.5) is 17.2 Å². The minimum Gasteiger partial charge on any atom is -0.378 e. The van der Waals surface area contributed by atoms with Crippen molar-refractivity contribution >= 4 is 17.2 Å². The minimum absolute atomic E-state index is 0.0378. The standard InChI is InChI=1S/C20H22N6O3/c1-14-4-3-5-15(12-14)16-6-7-25(23-16)18-13-17(24-8-10-29-11-9-24)19(26(27)28)20(21-2)22-18/h3-7,12-13H,8-11H2,1-2H3,(H,21,22). The molecule has 2 aromatic heterocycles. The number of aryl methyl sites for hydroxylation is 1. The molecule has 150 valence electrons. The molecule has 3 heterocycles. The number of rotatable bonds is 5. The van der Waals surface area contributed by atoms with Gasteiger partial charge in [-0.1, -0.05) is 23.8 Å². The first kappa shape index (κ1) is 18.9. The van der Waals surface area contributed by atoms with E-state index in [0.29, 0.717) is 37.8 Å². The smallest absolute Gasteiger partial charge is 0.334 e. The van der Waals surface area contributed by atoms with Crippen LogP contribution in [0.3, 0.4) is 0 Å². The molecule has 4 rings (SSSR count). The Balaban J connectivity index is 1.79. The first-order valence-electron chi connectivity index (χ1n) is 9.40. The quantitative estimate of drug-likeness (QED) is 0.525. The molecule has 0 unspecified atom stereocenters. The predicted molar refractivity (Wildman–Crippen MR) is 111 cm³/mol. The number of anilines is 2. The lowest BCUT2D eigenvalue weighted by Gasteiger charge is -2.29. The van der Waals surface area contributed by atoms with E-state index in [2.05, 4.69) is 21.5 Å². The molecular formula is C20H22N6O3. The fourth-order valence-electron chi connectivity index (χ4n) is 3.44. The largest absolute Gasteiger partial charge is 0.378 e. The molecule has 0 aliphatic carbocycles. The lowest BCUT2D eigenvalue weighted by atomic mass is 10.1. The molecule has 0 atom stereocenters. The van der Waals surface area contributed by atoms with Gasteiger partial charge in [0.25, 0.3) is 0 Å². The Morgan fingerprint density at radius 1 is 1.21 bits per heavy atom. The Kier molecular flexibility index (Phi) is 5.13. The molecule has 1 aliphatic heterocycles. The fourth-order valence-corrected chi connectivity index (χ4v) is 3.44. The molecule has 9 heteroatoms. The number of nitrogens with one attached hydrogen (secondary N) is 1. The van der Waals surface area contributed by atoms with E-state index in [1.807, 2.05) is 42.3 Å². The van der Waals surface area contributed by atoms with Crippen molar-refractivity contribution in [2.45, 2.75) is 6.92 Å². The number of aromatic nitrogens is 3. The van der Waals surface area contributed by atoms with Crippen LogP contribution in [-0.2, 0) is 4.74 Å². The van der Waals surface area contributed by atoms with Crippen LogP contribution in [0.2, 0.25) is 0 Å². The highest BCUT2D eigenvalue weighted by atomic mass is 16.6. The molecule has 3 aromatic rings. The maximum atomic E-state index is 11.8. The number of ether oxygens (including phenoxy) is 1. The monoisotopic (exact) mass is 394 g/mol. The maximum absolute atomic E-state index is 11.8. The molecule has 0 spiro atoms. The summed E-state index contributed by atoms with van der Waals surface area (Å²) in [6.07, 6.45) is 1.81. The van der Waals surface area contributed by atoms with Gasteiger partial charge in [-0.15, -0.1) is 0 Å². The molecule has 29 heavy (non-hydrogen) atoms. The zero-order valence-electron chi connectivity index (χ0n) is 16.3. The van der Waals surface area contributed by atoms with Crippen molar-refractivity contribution in [2.75, 3.05) is 43.6 Å². The lowest BCUT2D eigenvalue weighted by molar-refractivity contribution is -0.383. The number of morpholine rings is 1. The molecule has 9 nitrogen and oxygen atoms in total. The van der Waals surface area contributed by atoms with Gasteiger partial charge in [-0.05, 0) is 19.1 Å². The Hall–Kier alpha value is -3.46. The van der Waals surface area contributed by atoms with Crippen LogP contribution in [0.5, 0.6) is 0 Å². The highest BCUT2D eigenvalue weighted by Crippen LogP contribution is 2.36. The van der Waals surface area contributed by atoms with Gasteiger partial charge in [0.2, 0.25) is 5.82 Å². The third-order valence-electron chi connectivity index (χ3n) is 4.87. The van der Waals surface area contributed by atoms with Gasteiger partial charge in [0.1, 0.15) is 5.69 Å². The molecular weight excluding hydrogens is 372 g/mol. The summed E-state index contributed by atoms with van der Waals surface area (Å²) in [5.74, 6) is 0.724. The van der Waals surface area contributed by atoms with Gasteiger partial charge in [0.05, 0.1) is 23.8 Å². The highest BCUT2D eigenvalue weighted by Gasteiger charge is 2.28. The summed E-state index contributed by atoms with van der Waals surface area (Å²) in [6, 6.07) is 11.7. The molecule has 1 N–H and O–H groups in total. The van der Waals surface area contributed by atoms with E-state index in [0.717, 1.165) is 16.8 Å². The second kappa shape index (κ2) is 7.88. The second-order valence-electron chi connectivity index (χ2n) is 6.82. The Labute approximate surface area is 168 Å². The second-order valence-corrected chi connectivity index (χ2v) is 6.82. The van der Waals surface area contributed by atoms with Gasteiger partial charge in [-0.25, -0.2) is 9.67 Å². The molecule has 0 radical (unpaired) electrons. The molecule has 0 bridgehead atoms. The SMILES string of the molecule is CNc1nc(-n2ccc(-c3cccc(C)c3)n2)cc(N2CCOCC2)c1[N+](=O)[O-]. The summed E-state index contributed by atoms with van der Waals surface area (Å²) in [5, 5.41) is 19.3. The van der Waals surface area contributed by atoms with Gasteiger partial charge < -0.3 is 15.0 Å². The lowest BCUT2D eigenvalue weighted by Crippen LogP contribution is -2.36. The fraction of sp³-hybridized carbons (Fsp3) is 0.300. The first-order valence-corrected chi connectivity index (χ1v) is 9.40. The van der Waals surface area contributed by atoms with Crippen LogP contribution in [0, 0.1) is 17.0 Å². The molecule has 0 saturated carbocycles. The average Bonchev–Trinajstić information content (AvgIpc) is 3.23. The van der Waals surface area contributed by atoms with Crippen molar-refractivity contribution in [3.05, 3.63) is 58.3 Å². The maximum Gasteiger partial charge on any atom is 0.334 e. The number of pyridine rings is 1. The summed E-state index contributed by atoms with van der Waals surface area (Å²) in [7, 11) is 1.63.